The van der Waals surface area contributed by atoms with E-state index in [1.165, 1.54) is 0 Å². The molecule has 0 spiro atoms. The van der Waals surface area contributed by atoms with Crippen molar-refractivity contribution in [2.75, 3.05) is 11.4 Å². The van der Waals surface area contributed by atoms with E-state index in [0.29, 0.717) is 6.54 Å². The van der Waals surface area contributed by atoms with Crippen molar-refractivity contribution in [3.05, 3.63) is 71.9 Å². The number of amides is 2. The number of urea groups is 1. The minimum Gasteiger partial charge on any atom is -0.314 e. The van der Waals surface area contributed by atoms with E-state index >= 15 is 0 Å². The number of nitrogens with zero attached hydrogens (tertiary/aromatic N) is 1. The SMILES string of the molecule is CCN(C(=O)N/C=C/c1ccccc1)c1cccc(C)c1. The maximum Gasteiger partial charge on any atom is 0.325 e. The summed E-state index contributed by atoms with van der Waals surface area (Å²) in [5.74, 6) is 0. The highest BCUT2D eigenvalue weighted by molar-refractivity contribution is 5.92. The number of aryl methyl sites for hydroxylation is 1. The van der Waals surface area contributed by atoms with Crippen molar-refractivity contribution in [3.8, 4) is 0 Å². The van der Waals surface area contributed by atoms with Crippen LogP contribution in [0.1, 0.15) is 18.1 Å². The second-order valence-electron chi connectivity index (χ2n) is 4.78. The van der Waals surface area contributed by atoms with Crippen LogP contribution in [-0.4, -0.2) is 12.6 Å². The molecule has 0 saturated heterocycles. The second kappa shape index (κ2) is 7.29. The molecule has 2 amide bonds. The van der Waals surface area contributed by atoms with Crippen LogP contribution < -0.4 is 10.2 Å². The Kier molecular flexibility index (Phi) is 5.16. The standard InChI is InChI=1S/C18H20N2O/c1-3-20(17-11-7-8-15(2)14-17)18(21)19-13-12-16-9-5-4-6-10-16/h4-14H,3H2,1-2H3,(H,19,21)/b13-12+. The smallest absolute Gasteiger partial charge is 0.314 e. The highest BCUT2D eigenvalue weighted by Gasteiger charge is 2.11. The minimum atomic E-state index is -0.129. The van der Waals surface area contributed by atoms with E-state index in [4.69, 9.17) is 0 Å². The van der Waals surface area contributed by atoms with E-state index in [1.54, 1.807) is 11.1 Å². The third-order valence-corrected chi connectivity index (χ3v) is 3.16. The molecular weight excluding hydrogens is 260 g/mol. The fraction of sp³-hybridized carbons (Fsp3) is 0.167. The van der Waals surface area contributed by atoms with Gasteiger partial charge >= 0.3 is 6.03 Å². The summed E-state index contributed by atoms with van der Waals surface area (Å²) in [4.78, 5) is 14.0. The van der Waals surface area contributed by atoms with Gasteiger partial charge in [-0.15, -0.1) is 0 Å². The van der Waals surface area contributed by atoms with Crippen molar-refractivity contribution in [2.24, 2.45) is 0 Å². The highest BCUT2D eigenvalue weighted by atomic mass is 16.2. The van der Waals surface area contributed by atoms with Gasteiger partial charge in [0.25, 0.3) is 0 Å². The van der Waals surface area contributed by atoms with Gasteiger partial charge in [0.2, 0.25) is 0 Å². The summed E-state index contributed by atoms with van der Waals surface area (Å²) in [6, 6.07) is 17.7. The summed E-state index contributed by atoms with van der Waals surface area (Å²) in [7, 11) is 0. The van der Waals surface area contributed by atoms with Crippen LogP contribution in [0.2, 0.25) is 0 Å². The molecule has 0 aliphatic carbocycles. The molecule has 0 heterocycles. The number of nitrogens with one attached hydrogen (secondary N) is 1. The molecule has 0 saturated carbocycles. The number of rotatable bonds is 4. The Hall–Kier alpha value is -2.55. The molecule has 0 aliphatic heterocycles. The summed E-state index contributed by atoms with van der Waals surface area (Å²) < 4.78 is 0. The van der Waals surface area contributed by atoms with Gasteiger partial charge in [-0.2, -0.15) is 0 Å². The van der Waals surface area contributed by atoms with Crippen LogP contribution in [0.4, 0.5) is 10.5 Å². The molecule has 0 aliphatic rings. The molecule has 21 heavy (non-hydrogen) atoms. The summed E-state index contributed by atoms with van der Waals surface area (Å²) in [6.07, 6.45) is 3.55. The third kappa shape index (κ3) is 4.21. The molecule has 0 unspecified atom stereocenters. The van der Waals surface area contributed by atoms with Gasteiger partial charge in [-0.25, -0.2) is 4.79 Å². The van der Waals surface area contributed by atoms with Crippen LogP contribution >= 0.6 is 0 Å². The van der Waals surface area contributed by atoms with Crippen molar-refractivity contribution >= 4 is 17.8 Å². The fourth-order valence-corrected chi connectivity index (χ4v) is 2.09. The van der Waals surface area contributed by atoms with Gasteiger partial charge in [0.15, 0.2) is 0 Å². The molecular formula is C18H20N2O. The zero-order valence-corrected chi connectivity index (χ0v) is 12.4. The normalized spacial score (nSPS) is 10.6. The third-order valence-electron chi connectivity index (χ3n) is 3.16. The van der Waals surface area contributed by atoms with Crippen molar-refractivity contribution in [1.82, 2.24) is 5.32 Å². The van der Waals surface area contributed by atoms with E-state index in [1.807, 2.05) is 74.5 Å². The van der Waals surface area contributed by atoms with Crippen LogP contribution in [0, 0.1) is 6.92 Å². The lowest BCUT2D eigenvalue weighted by Gasteiger charge is -2.20. The first-order valence-corrected chi connectivity index (χ1v) is 7.07. The van der Waals surface area contributed by atoms with Crippen LogP contribution in [0.5, 0.6) is 0 Å². The van der Waals surface area contributed by atoms with Gasteiger partial charge in [-0.1, -0.05) is 42.5 Å². The Labute approximate surface area is 125 Å². The van der Waals surface area contributed by atoms with Crippen molar-refractivity contribution in [1.29, 1.82) is 0 Å². The Bertz CT molecular complexity index is 620. The fourth-order valence-electron chi connectivity index (χ4n) is 2.09. The number of benzene rings is 2. The van der Waals surface area contributed by atoms with Crippen LogP contribution in [-0.2, 0) is 0 Å². The van der Waals surface area contributed by atoms with E-state index in [9.17, 15) is 4.79 Å². The molecule has 2 rings (SSSR count). The number of carbonyl (C=O) groups excluding carboxylic acids is 1. The Morgan fingerprint density at radius 2 is 1.90 bits per heavy atom. The number of anilines is 1. The van der Waals surface area contributed by atoms with E-state index in [2.05, 4.69) is 5.32 Å². The molecule has 0 aromatic heterocycles. The Morgan fingerprint density at radius 1 is 1.14 bits per heavy atom. The van der Waals surface area contributed by atoms with Crippen molar-refractivity contribution in [2.45, 2.75) is 13.8 Å². The molecule has 0 atom stereocenters. The molecule has 3 heteroatoms. The van der Waals surface area contributed by atoms with E-state index in [-0.39, 0.29) is 6.03 Å². The largest absolute Gasteiger partial charge is 0.325 e. The molecule has 0 bridgehead atoms. The summed E-state index contributed by atoms with van der Waals surface area (Å²) in [5.41, 5.74) is 3.10. The lowest BCUT2D eigenvalue weighted by molar-refractivity contribution is 0.249. The highest BCUT2D eigenvalue weighted by Crippen LogP contribution is 2.15. The molecule has 108 valence electrons. The van der Waals surface area contributed by atoms with E-state index < -0.39 is 0 Å². The zero-order chi connectivity index (χ0) is 15.1. The Morgan fingerprint density at radius 3 is 2.57 bits per heavy atom. The van der Waals surface area contributed by atoms with Gasteiger partial charge in [0, 0.05) is 18.4 Å². The molecule has 0 radical (unpaired) electrons. The van der Waals surface area contributed by atoms with Crippen LogP contribution in [0.15, 0.2) is 60.8 Å². The molecule has 3 nitrogen and oxygen atoms in total. The number of hydrogen-bond donors (Lipinski definition) is 1. The maximum absolute atomic E-state index is 12.2. The number of carbonyl (C=O) groups is 1. The molecule has 0 fully saturated rings. The quantitative estimate of drug-likeness (QED) is 0.894. The van der Waals surface area contributed by atoms with Crippen molar-refractivity contribution < 1.29 is 4.79 Å². The van der Waals surface area contributed by atoms with Crippen LogP contribution in [0.25, 0.3) is 6.08 Å². The van der Waals surface area contributed by atoms with Gasteiger partial charge in [0.1, 0.15) is 0 Å². The number of hydrogen-bond acceptors (Lipinski definition) is 1. The lowest BCUT2D eigenvalue weighted by atomic mass is 10.2. The maximum atomic E-state index is 12.2. The monoisotopic (exact) mass is 280 g/mol. The summed E-state index contributed by atoms with van der Waals surface area (Å²) in [6.45, 7) is 4.60. The van der Waals surface area contributed by atoms with Gasteiger partial charge in [-0.05, 0) is 43.2 Å². The first-order chi connectivity index (χ1) is 10.2. The first kappa shape index (κ1) is 14.9. The predicted octanol–water partition coefficient (Wildman–Crippen LogP) is 4.20. The molecule has 1 N–H and O–H groups in total. The van der Waals surface area contributed by atoms with Gasteiger partial charge < -0.3 is 5.32 Å². The van der Waals surface area contributed by atoms with Crippen LogP contribution in [0.3, 0.4) is 0 Å². The van der Waals surface area contributed by atoms with E-state index in [0.717, 1.165) is 16.8 Å². The minimum absolute atomic E-state index is 0.129. The van der Waals surface area contributed by atoms with Crippen molar-refractivity contribution in [3.63, 3.8) is 0 Å². The average Bonchev–Trinajstić information content (AvgIpc) is 2.49. The average molecular weight is 280 g/mol. The molecule has 2 aromatic rings. The second-order valence-corrected chi connectivity index (χ2v) is 4.78. The summed E-state index contributed by atoms with van der Waals surface area (Å²) in [5, 5.41) is 2.81. The van der Waals surface area contributed by atoms with Gasteiger partial charge in [0.05, 0.1) is 0 Å². The summed E-state index contributed by atoms with van der Waals surface area (Å²) >= 11 is 0. The zero-order valence-electron chi connectivity index (χ0n) is 12.4. The van der Waals surface area contributed by atoms with Gasteiger partial charge in [-0.3, -0.25) is 4.90 Å². The Balaban J connectivity index is 2.02. The lowest BCUT2D eigenvalue weighted by Crippen LogP contribution is -2.37. The topological polar surface area (TPSA) is 32.3 Å². The first-order valence-electron chi connectivity index (χ1n) is 7.07. The predicted molar refractivity (Wildman–Crippen MR) is 88.2 cm³/mol. The molecule has 2 aromatic carbocycles.